The number of ether oxygens (including phenoxy) is 1. The first kappa shape index (κ1) is 14.9. The smallest absolute Gasteiger partial charge is 0.323 e. The van der Waals surface area contributed by atoms with E-state index in [2.05, 4.69) is 20.5 Å². The molecule has 0 bridgehead atoms. The summed E-state index contributed by atoms with van der Waals surface area (Å²) in [5.41, 5.74) is 0.947. The molecule has 0 saturated heterocycles. The van der Waals surface area contributed by atoms with Crippen molar-refractivity contribution in [3.05, 3.63) is 48.4 Å². The average molecular weight is 287 g/mol. The molecule has 0 fully saturated rings. The van der Waals surface area contributed by atoms with Gasteiger partial charge in [0.2, 0.25) is 0 Å². The molecule has 2 amide bonds. The lowest BCUT2D eigenvalue weighted by Crippen LogP contribution is -2.37. The Hall–Kier alpha value is -2.54. The molecule has 0 saturated carbocycles. The highest BCUT2D eigenvalue weighted by Gasteiger charge is 2.14. The molecule has 0 aliphatic carbocycles. The van der Waals surface area contributed by atoms with Crippen LogP contribution in [0.2, 0.25) is 0 Å². The number of carbonyl (C=O) groups is 1. The molecule has 2 heterocycles. The number of hydrogen-bond acceptors (Lipinski definition) is 5. The van der Waals surface area contributed by atoms with Crippen LogP contribution in [0.4, 0.5) is 10.6 Å². The van der Waals surface area contributed by atoms with Crippen molar-refractivity contribution in [2.75, 3.05) is 25.6 Å². The van der Waals surface area contributed by atoms with Gasteiger partial charge < -0.3 is 9.64 Å². The van der Waals surface area contributed by atoms with Gasteiger partial charge in [0.05, 0.1) is 6.61 Å². The van der Waals surface area contributed by atoms with E-state index >= 15 is 0 Å². The Morgan fingerprint density at radius 1 is 1.33 bits per heavy atom. The van der Waals surface area contributed by atoms with Crippen molar-refractivity contribution >= 4 is 11.8 Å². The van der Waals surface area contributed by atoms with Gasteiger partial charge in [-0.05, 0) is 23.8 Å². The minimum absolute atomic E-state index is 0.253. The van der Waals surface area contributed by atoms with E-state index in [0.717, 1.165) is 5.56 Å². The van der Waals surface area contributed by atoms with Crippen molar-refractivity contribution in [2.24, 2.45) is 0 Å². The van der Waals surface area contributed by atoms with E-state index in [0.29, 0.717) is 25.5 Å². The summed E-state index contributed by atoms with van der Waals surface area (Å²) in [5.74, 6) is 0.413. The minimum atomic E-state index is -0.253. The van der Waals surface area contributed by atoms with Gasteiger partial charge in [0, 0.05) is 38.8 Å². The number of nitrogens with one attached hydrogen (secondary N) is 1. The van der Waals surface area contributed by atoms with Crippen LogP contribution in [0, 0.1) is 0 Å². The van der Waals surface area contributed by atoms with Crippen molar-refractivity contribution in [1.29, 1.82) is 0 Å². The third-order valence-electron chi connectivity index (χ3n) is 2.76. The maximum absolute atomic E-state index is 12.3. The van der Waals surface area contributed by atoms with Gasteiger partial charge in [0.15, 0.2) is 5.82 Å². The van der Waals surface area contributed by atoms with Gasteiger partial charge in [-0.1, -0.05) is 6.07 Å². The summed E-state index contributed by atoms with van der Waals surface area (Å²) in [6.45, 7) is 1.37. The molecular formula is C14H17N5O2. The third-order valence-corrected chi connectivity index (χ3v) is 2.76. The van der Waals surface area contributed by atoms with Crippen LogP contribution < -0.4 is 5.32 Å². The van der Waals surface area contributed by atoms with E-state index in [1.165, 1.54) is 0 Å². The highest BCUT2D eigenvalue weighted by atomic mass is 16.5. The Balaban J connectivity index is 2.02. The highest BCUT2D eigenvalue weighted by molar-refractivity contribution is 5.88. The number of carbonyl (C=O) groups excluding carboxylic acids is 1. The molecule has 0 spiro atoms. The fourth-order valence-electron chi connectivity index (χ4n) is 1.72. The lowest BCUT2D eigenvalue weighted by Gasteiger charge is -2.22. The molecule has 0 radical (unpaired) electrons. The van der Waals surface area contributed by atoms with E-state index in [1.807, 2.05) is 12.1 Å². The van der Waals surface area contributed by atoms with Crippen molar-refractivity contribution < 1.29 is 9.53 Å². The monoisotopic (exact) mass is 287 g/mol. The Bertz CT molecular complexity index is 550. The lowest BCUT2D eigenvalue weighted by molar-refractivity contribution is 0.152. The van der Waals surface area contributed by atoms with Crippen molar-refractivity contribution in [3.8, 4) is 0 Å². The minimum Gasteiger partial charge on any atom is -0.383 e. The standard InChI is InChI=1S/C14H17N5O2/c1-21-9-8-19(11-12-4-2-6-15-10-12)14(20)17-13-5-3-7-16-18-13/h2-7,10H,8-9,11H2,1H3,(H,17,18,20). The molecule has 0 aromatic carbocycles. The second kappa shape index (κ2) is 7.91. The summed E-state index contributed by atoms with van der Waals surface area (Å²) in [4.78, 5) is 18.0. The number of pyridine rings is 1. The molecule has 2 aromatic rings. The van der Waals surface area contributed by atoms with Gasteiger partial charge >= 0.3 is 6.03 Å². The number of nitrogens with zero attached hydrogens (tertiary/aromatic N) is 4. The number of aromatic nitrogens is 3. The number of methoxy groups -OCH3 is 1. The summed E-state index contributed by atoms with van der Waals surface area (Å²) in [6, 6.07) is 6.90. The van der Waals surface area contributed by atoms with Gasteiger partial charge in [-0.3, -0.25) is 10.3 Å². The normalized spacial score (nSPS) is 10.1. The zero-order chi connectivity index (χ0) is 14.9. The second-order valence-corrected chi connectivity index (χ2v) is 4.31. The summed E-state index contributed by atoms with van der Waals surface area (Å²) in [6.07, 6.45) is 4.98. The first-order valence-corrected chi connectivity index (χ1v) is 6.51. The van der Waals surface area contributed by atoms with Gasteiger partial charge in [-0.15, -0.1) is 5.10 Å². The van der Waals surface area contributed by atoms with E-state index in [9.17, 15) is 4.79 Å². The topological polar surface area (TPSA) is 80.2 Å². The van der Waals surface area contributed by atoms with Crippen LogP contribution in [0.3, 0.4) is 0 Å². The van der Waals surface area contributed by atoms with Crippen LogP contribution >= 0.6 is 0 Å². The van der Waals surface area contributed by atoms with Crippen LogP contribution in [0.5, 0.6) is 0 Å². The zero-order valence-electron chi connectivity index (χ0n) is 11.8. The number of urea groups is 1. The SMILES string of the molecule is COCCN(Cc1cccnc1)C(=O)Nc1cccnn1. The molecule has 0 atom stereocenters. The molecule has 7 heteroatoms. The lowest BCUT2D eigenvalue weighted by atomic mass is 10.2. The number of rotatable bonds is 6. The van der Waals surface area contributed by atoms with E-state index in [1.54, 1.807) is 42.7 Å². The third kappa shape index (κ3) is 4.81. The Morgan fingerprint density at radius 2 is 2.19 bits per heavy atom. The molecule has 110 valence electrons. The highest BCUT2D eigenvalue weighted by Crippen LogP contribution is 2.06. The number of amides is 2. The quantitative estimate of drug-likeness (QED) is 0.872. The van der Waals surface area contributed by atoms with E-state index < -0.39 is 0 Å². The fourth-order valence-corrected chi connectivity index (χ4v) is 1.72. The zero-order valence-corrected chi connectivity index (χ0v) is 11.8. The maximum Gasteiger partial charge on any atom is 0.323 e. The van der Waals surface area contributed by atoms with Crippen LogP contribution in [-0.2, 0) is 11.3 Å². The molecule has 0 aliphatic heterocycles. The molecule has 0 aliphatic rings. The van der Waals surface area contributed by atoms with Gasteiger partial charge in [-0.25, -0.2) is 4.79 Å². The van der Waals surface area contributed by atoms with E-state index in [-0.39, 0.29) is 6.03 Å². The number of anilines is 1. The molecular weight excluding hydrogens is 270 g/mol. The van der Waals surface area contributed by atoms with Crippen LogP contribution in [0.25, 0.3) is 0 Å². The molecule has 2 rings (SSSR count). The predicted octanol–water partition coefficient (Wildman–Crippen LogP) is 1.55. The second-order valence-electron chi connectivity index (χ2n) is 4.31. The largest absolute Gasteiger partial charge is 0.383 e. The van der Waals surface area contributed by atoms with Gasteiger partial charge in [0.1, 0.15) is 0 Å². The Morgan fingerprint density at radius 3 is 2.86 bits per heavy atom. The van der Waals surface area contributed by atoms with Crippen LogP contribution in [0.1, 0.15) is 5.56 Å². The van der Waals surface area contributed by atoms with Crippen molar-refractivity contribution in [3.63, 3.8) is 0 Å². The molecule has 1 N–H and O–H groups in total. The van der Waals surface area contributed by atoms with Gasteiger partial charge in [0.25, 0.3) is 0 Å². The summed E-state index contributed by atoms with van der Waals surface area (Å²) in [5, 5.41) is 10.3. The molecule has 0 unspecified atom stereocenters. The molecule has 21 heavy (non-hydrogen) atoms. The van der Waals surface area contributed by atoms with Crippen molar-refractivity contribution in [1.82, 2.24) is 20.1 Å². The average Bonchev–Trinajstić information content (AvgIpc) is 2.53. The summed E-state index contributed by atoms with van der Waals surface area (Å²) < 4.78 is 5.05. The van der Waals surface area contributed by atoms with Crippen LogP contribution in [0.15, 0.2) is 42.9 Å². The maximum atomic E-state index is 12.3. The summed E-state index contributed by atoms with van der Waals surface area (Å²) >= 11 is 0. The van der Waals surface area contributed by atoms with Crippen LogP contribution in [-0.4, -0.2) is 46.4 Å². The van der Waals surface area contributed by atoms with Crippen molar-refractivity contribution in [2.45, 2.75) is 6.54 Å². The predicted molar refractivity (Wildman–Crippen MR) is 77.6 cm³/mol. The Labute approximate surface area is 123 Å². The number of hydrogen-bond donors (Lipinski definition) is 1. The first-order chi connectivity index (χ1) is 10.3. The Kier molecular flexibility index (Phi) is 5.60. The molecule has 7 nitrogen and oxygen atoms in total. The fraction of sp³-hybridized carbons (Fsp3) is 0.286. The first-order valence-electron chi connectivity index (χ1n) is 6.51. The summed E-state index contributed by atoms with van der Waals surface area (Å²) in [7, 11) is 1.60. The van der Waals surface area contributed by atoms with Gasteiger partial charge in [-0.2, -0.15) is 5.10 Å². The van der Waals surface area contributed by atoms with E-state index in [4.69, 9.17) is 4.74 Å². The molecule has 2 aromatic heterocycles.